The highest BCUT2D eigenvalue weighted by Gasteiger charge is 2.42. The number of hydrogen-bond acceptors (Lipinski definition) is 4. The van der Waals surface area contributed by atoms with E-state index < -0.39 is 6.29 Å². The lowest BCUT2D eigenvalue weighted by atomic mass is 9.80. The highest BCUT2D eigenvalue weighted by Crippen LogP contribution is 2.45. The van der Waals surface area contributed by atoms with Gasteiger partial charge in [-0.15, -0.1) is 0 Å². The second-order valence-electron chi connectivity index (χ2n) is 8.83. The van der Waals surface area contributed by atoms with E-state index in [1.54, 1.807) is 0 Å². The molecule has 2 fully saturated rings. The van der Waals surface area contributed by atoms with Crippen LogP contribution in [0.3, 0.4) is 0 Å². The average molecular weight is 478 g/mol. The molecule has 164 valence electrons. The largest absolute Gasteiger partial charge is 0.459 e. The highest BCUT2D eigenvalue weighted by molar-refractivity contribution is 9.10. The summed E-state index contributed by atoms with van der Waals surface area (Å²) in [4.78, 5) is 13.1. The lowest BCUT2D eigenvalue weighted by Gasteiger charge is -2.37. The highest BCUT2D eigenvalue weighted by atomic mass is 79.9. The topological polar surface area (TPSA) is 67.8 Å². The number of carbonyl (C=O) groups excluding carboxylic acids is 1. The van der Waals surface area contributed by atoms with Gasteiger partial charge in [0.15, 0.2) is 5.76 Å². The van der Waals surface area contributed by atoms with E-state index in [1.807, 2.05) is 25.1 Å². The molecule has 3 aliphatic rings. The summed E-state index contributed by atoms with van der Waals surface area (Å²) in [7, 11) is 0. The van der Waals surface area contributed by atoms with Gasteiger partial charge in [0, 0.05) is 35.6 Å². The van der Waals surface area contributed by atoms with Crippen molar-refractivity contribution in [3.05, 3.63) is 46.1 Å². The molecule has 1 aromatic carbocycles. The number of rotatable bonds is 8. The van der Waals surface area contributed by atoms with Gasteiger partial charge in [-0.1, -0.05) is 34.5 Å². The van der Waals surface area contributed by atoms with E-state index in [0.29, 0.717) is 24.7 Å². The van der Waals surface area contributed by atoms with Gasteiger partial charge in [0.25, 0.3) is 5.91 Å². The van der Waals surface area contributed by atoms with E-state index in [1.165, 1.54) is 19.3 Å². The first-order valence-corrected chi connectivity index (χ1v) is 12.1. The molecule has 30 heavy (non-hydrogen) atoms. The molecule has 4 rings (SSSR count). The number of amides is 1. The van der Waals surface area contributed by atoms with Gasteiger partial charge in [-0.05, 0) is 74.6 Å². The van der Waals surface area contributed by atoms with E-state index in [4.69, 9.17) is 9.47 Å². The minimum atomic E-state index is -0.499. The summed E-state index contributed by atoms with van der Waals surface area (Å²) in [6, 6.07) is 8.47. The maximum atomic E-state index is 13.1. The molecule has 6 heteroatoms. The van der Waals surface area contributed by atoms with Crippen LogP contribution in [0.15, 0.2) is 40.6 Å². The van der Waals surface area contributed by atoms with Crippen molar-refractivity contribution in [3.63, 3.8) is 0 Å². The zero-order valence-electron chi connectivity index (χ0n) is 17.6. The number of carbonyl (C=O) groups is 1. The van der Waals surface area contributed by atoms with Gasteiger partial charge in [0.05, 0.1) is 0 Å². The van der Waals surface area contributed by atoms with E-state index in [2.05, 4.69) is 33.4 Å². The van der Waals surface area contributed by atoms with Gasteiger partial charge < -0.3 is 19.9 Å². The predicted octanol–water partition coefficient (Wildman–Crippen LogP) is 4.50. The average Bonchev–Trinajstić information content (AvgIpc) is 3.36. The first-order chi connectivity index (χ1) is 14.6. The summed E-state index contributed by atoms with van der Waals surface area (Å²) in [6.07, 6.45) is 7.77. The summed E-state index contributed by atoms with van der Waals surface area (Å²) in [5, 5.41) is 12.6. The van der Waals surface area contributed by atoms with Crippen LogP contribution >= 0.6 is 15.9 Å². The third-order valence-electron chi connectivity index (χ3n) is 6.94. The van der Waals surface area contributed by atoms with Crippen molar-refractivity contribution >= 4 is 21.8 Å². The van der Waals surface area contributed by atoms with Gasteiger partial charge in [0.1, 0.15) is 0 Å². The van der Waals surface area contributed by atoms with Crippen LogP contribution in [0.1, 0.15) is 56.9 Å². The number of aliphatic hydroxyl groups is 1. The van der Waals surface area contributed by atoms with Crippen LogP contribution in [0.4, 0.5) is 0 Å². The Labute approximate surface area is 187 Å². The second kappa shape index (κ2) is 9.84. The Kier molecular flexibility index (Phi) is 7.16. The minimum Gasteiger partial charge on any atom is -0.459 e. The van der Waals surface area contributed by atoms with Gasteiger partial charge in [0.2, 0.25) is 6.29 Å². The Morgan fingerprint density at radius 3 is 2.70 bits per heavy atom. The molecule has 0 aromatic heterocycles. The molecule has 5 nitrogen and oxygen atoms in total. The lowest BCUT2D eigenvalue weighted by molar-refractivity contribution is -0.167. The molecule has 0 saturated heterocycles. The summed E-state index contributed by atoms with van der Waals surface area (Å²) in [6.45, 7) is 2.58. The standard InChI is InChI=1S/C24H32BrNO4/c1-2-29-24-19(4-3-11-27)20(16-7-9-18(25)10-8-16)14-22(30-24)23(28)26-21-13-15-5-6-17(21)12-15/h7-10,14-15,17,19-21,24,27H,2-6,11-13H2,1H3,(H,26,28)/t15?,17?,19-,20-,21?,24-/m1/s1. The Hall–Kier alpha value is -1.37. The smallest absolute Gasteiger partial charge is 0.286 e. The van der Waals surface area contributed by atoms with Crippen LogP contribution < -0.4 is 5.32 Å². The molecule has 1 aromatic rings. The van der Waals surface area contributed by atoms with E-state index in [9.17, 15) is 9.90 Å². The molecular formula is C24H32BrNO4. The fourth-order valence-electron chi connectivity index (χ4n) is 5.49. The second-order valence-corrected chi connectivity index (χ2v) is 9.75. The van der Waals surface area contributed by atoms with Crippen molar-refractivity contribution in [3.8, 4) is 0 Å². The molecule has 0 spiro atoms. The van der Waals surface area contributed by atoms with E-state index in [-0.39, 0.29) is 30.4 Å². The predicted molar refractivity (Wildman–Crippen MR) is 119 cm³/mol. The Morgan fingerprint density at radius 2 is 2.07 bits per heavy atom. The number of ether oxygens (including phenoxy) is 2. The van der Waals surface area contributed by atoms with Crippen LogP contribution in [0.5, 0.6) is 0 Å². The molecule has 1 amide bonds. The summed E-state index contributed by atoms with van der Waals surface area (Å²) in [5.74, 6) is 1.67. The molecule has 3 unspecified atom stereocenters. The SMILES string of the molecule is CCO[C@@H]1OC(C(=O)NC2CC3CCC2C3)=C[C@H](c2ccc(Br)cc2)[C@H]1CCCO. The van der Waals surface area contributed by atoms with Gasteiger partial charge in [-0.2, -0.15) is 0 Å². The van der Waals surface area contributed by atoms with Crippen LogP contribution in [0, 0.1) is 17.8 Å². The number of fused-ring (bicyclic) bond motifs is 2. The van der Waals surface area contributed by atoms with Gasteiger partial charge in [-0.25, -0.2) is 0 Å². The van der Waals surface area contributed by atoms with Crippen molar-refractivity contribution < 1.29 is 19.4 Å². The number of hydrogen-bond donors (Lipinski definition) is 2. The number of benzene rings is 1. The molecule has 6 atom stereocenters. The number of aliphatic hydroxyl groups excluding tert-OH is 1. The molecule has 1 aliphatic heterocycles. The summed E-state index contributed by atoms with van der Waals surface area (Å²) < 4.78 is 13.1. The molecule has 2 aliphatic carbocycles. The zero-order chi connectivity index (χ0) is 21.1. The first kappa shape index (κ1) is 21.8. The van der Waals surface area contributed by atoms with Crippen LogP contribution in [-0.2, 0) is 14.3 Å². The van der Waals surface area contributed by atoms with Crippen molar-refractivity contribution in [2.75, 3.05) is 13.2 Å². The molecular weight excluding hydrogens is 446 g/mol. The fourth-order valence-corrected chi connectivity index (χ4v) is 5.76. The fraction of sp³-hybridized carbons (Fsp3) is 0.625. The summed E-state index contributed by atoms with van der Waals surface area (Å²) in [5.41, 5.74) is 1.12. The summed E-state index contributed by atoms with van der Waals surface area (Å²) >= 11 is 3.50. The number of halogens is 1. The first-order valence-electron chi connectivity index (χ1n) is 11.3. The number of allylic oxidation sites excluding steroid dienone is 1. The zero-order valence-corrected chi connectivity index (χ0v) is 19.1. The molecule has 2 N–H and O–H groups in total. The van der Waals surface area contributed by atoms with Crippen LogP contribution in [0.2, 0.25) is 0 Å². The molecule has 0 radical (unpaired) electrons. The number of nitrogens with one attached hydrogen (secondary N) is 1. The van der Waals surface area contributed by atoms with Crippen molar-refractivity contribution in [1.82, 2.24) is 5.32 Å². The quantitative estimate of drug-likeness (QED) is 0.578. The molecule has 1 heterocycles. The maximum Gasteiger partial charge on any atom is 0.286 e. The van der Waals surface area contributed by atoms with Gasteiger partial charge >= 0.3 is 0 Å². The van der Waals surface area contributed by atoms with E-state index in [0.717, 1.165) is 28.8 Å². The molecule has 2 bridgehead atoms. The maximum absolute atomic E-state index is 13.1. The normalized spacial score (nSPS) is 32.6. The molecule has 2 saturated carbocycles. The van der Waals surface area contributed by atoms with Crippen molar-refractivity contribution in [2.45, 2.75) is 63.7 Å². The third kappa shape index (κ3) is 4.76. The van der Waals surface area contributed by atoms with Crippen LogP contribution in [-0.4, -0.2) is 36.6 Å². The Morgan fingerprint density at radius 1 is 1.27 bits per heavy atom. The minimum absolute atomic E-state index is 0.00395. The van der Waals surface area contributed by atoms with Crippen molar-refractivity contribution in [1.29, 1.82) is 0 Å². The lowest BCUT2D eigenvalue weighted by Crippen LogP contribution is -2.43. The Bertz CT molecular complexity index is 765. The van der Waals surface area contributed by atoms with E-state index >= 15 is 0 Å². The Balaban J connectivity index is 1.58. The monoisotopic (exact) mass is 477 g/mol. The van der Waals surface area contributed by atoms with Crippen LogP contribution in [0.25, 0.3) is 0 Å². The third-order valence-corrected chi connectivity index (χ3v) is 7.47. The van der Waals surface area contributed by atoms with Gasteiger partial charge in [-0.3, -0.25) is 4.79 Å². The van der Waals surface area contributed by atoms with Crippen molar-refractivity contribution in [2.24, 2.45) is 17.8 Å².